The Morgan fingerprint density at radius 1 is 1.48 bits per heavy atom. The van der Waals surface area contributed by atoms with Gasteiger partial charge in [-0.05, 0) is 56.7 Å². The topological polar surface area (TPSA) is 58.4 Å². The molecule has 0 aromatic heterocycles. The minimum atomic E-state index is -0.219. The minimum absolute atomic E-state index is 0.0782. The van der Waals surface area contributed by atoms with Crippen molar-refractivity contribution in [2.45, 2.75) is 77.8 Å². The Kier molecular flexibility index (Phi) is 5.35. The maximum Gasteiger partial charge on any atom is 0.256 e. The van der Waals surface area contributed by atoms with Crippen molar-refractivity contribution < 1.29 is 4.79 Å². The molecular formula is C19H31N3O. The van der Waals surface area contributed by atoms with Crippen LogP contribution in [0.4, 0.5) is 5.69 Å². The maximum atomic E-state index is 12.5. The predicted molar refractivity (Wildman–Crippen MR) is 96.4 cm³/mol. The Balaban J connectivity index is 2.53. The predicted octanol–water partition coefficient (Wildman–Crippen LogP) is 3.64. The highest BCUT2D eigenvalue weighted by atomic mass is 16.2. The Hall–Kier alpha value is -1.55. The van der Waals surface area contributed by atoms with Gasteiger partial charge in [-0.15, -0.1) is 0 Å². The molecule has 2 unspecified atom stereocenters. The molecule has 2 rings (SSSR count). The highest BCUT2D eigenvalue weighted by Crippen LogP contribution is 2.45. The van der Waals surface area contributed by atoms with Crippen molar-refractivity contribution in [3.63, 3.8) is 0 Å². The summed E-state index contributed by atoms with van der Waals surface area (Å²) in [7, 11) is 0. The molecule has 1 aromatic rings. The first-order valence-electron chi connectivity index (χ1n) is 8.72. The quantitative estimate of drug-likeness (QED) is 0.495. The molecule has 23 heavy (non-hydrogen) atoms. The van der Waals surface area contributed by atoms with Gasteiger partial charge < -0.3 is 4.90 Å². The van der Waals surface area contributed by atoms with E-state index in [1.54, 1.807) is 0 Å². The average Bonchev–Trinajstić information content (AvgIpc) is 2.48. The summed E-state index contributed by atoms with van der Waals surface area (Å²) in [6.07, 6.45) is 3.94. The second-order valence-electron chi connectivity index (χ2n) is 7.52. The lowest BCUT2D eigenvalue weighted by molar-refractivity contribution is -0.123. The third-order valence-electron chi connectivity index (χ3n) is 5.02. The standard InChI is InChI=1S/C19H31N3O/c1-6-7-8-16(18(23)21-20)22-17-11-13(2)9-10-15(17)14(3)12-19(22,4)5/h9-11,14,16H,6-8,12,20H2,1-5H3,(H,21,23). The third-order valence-corrected chi connectivity index (χ3v) is 5.02. The molecule has 0 radical (unpaired) electrons. The van der Waals surface area contributed by atoms with E-state index in [9.17, 15) is 4.79 Å². The summed E-state index contributed by atoms with van der Waals surface area (Å²) in [5.41, 5.74) is 6.06. The van der Waals surface area contributed by atoms with Crippen LogP contribution in [0.1, 0.15) is 70.4 Å². The zero-order valence-electron chi connectivity index (χ0n) is 15.1. The molecule has 1 aliphatic rings. The van der Waals surface area contributed by atoms with E-state index in [4.69, 9.17) is 5.84 Å². The van der Waals surface area contributed by atoms with E-state index in [1.165, 1.54) is 16.8 Å². The molecule has 1 aromatic carbocycles. The van der Waals surface area contributed by atoms with E-state index in [-0.39, 0.29) is 17.5 Å². The lowest BCUT2D eigenvalue weighted by Crippen LogP contribution is -2.59. The summed E-state index contributed by atoms with van der Waals surface area (Å²) in [5, 5.41) is 0. The summed E-state index contributed by atoms with van der Waals surface area (Å²) < 4.78 is 0. The summed E-state index contributed by atoms with van der Waals surface area (Å²) in [5.74, 6) is 5.89. The van der Waals surface area contributed by atoms with Crippen molar-refractivity contribution in [3.8, 4) is 0 Å². The molecule has 3 N–H and O–H groups in total. The highest BCUT2D eigenvalue weighted by Gasteiger charge is 2.42. The number of amides is 1. The van der Waals surface area contributed by atoms with Gasteiger partial charge in [0.05, 0.1) is 0 Å². The second-order valence-corrected chi connectivity index (χ2v) is 7.52. The Labute approximate surface area is 140 Å². The van der Waals surface area contributed by atoms with Crippen LogP contribution in [0, 0.1) is 6.92 Å². The number of benzene rings is 1. The van der Waals surface area contributed by atoms with Gasteiger partial charge in [0.1, 0.15) is 6.04 Å². The van der Waals surface area contributed by atoms with E-state index >= 15 is 0 Å². The summed E-state index contributed by atoms with van der Waals surface area (Å²) in [6.45, 7) is 11.0. The third kappa shape index (κ3) is 3.52. The van der Waals surface area contributed by atoms with Gasteiger partial charge in [0.2, 0.25) is 0 Å². The molecule has 0 saturated carbocycles. The van der Waals surface area contributed by atoms with E-state index in [0.29, 0.717) is 5.92 Å². The largest absolute Gasteiger partial charge is 0.354 e. The number of hydrogen-bond donors (Lipinski definition) is 2. The highest BCUT2D eigenvalue weighted by molar-refractivity contribution is 5.86. The van der Waals surface area contributed by atoms with Crippen LogP contribution in [0.15, 0.2) is 18.2 Å². The van der Waals surface area contributed by atoms with Gasteiger partial charge in [-0.3, -0.25) is 10.2 Å². The fourth-order valence-corrected chi connectivity index (χ4v) is 4.02. The van der Waals surface area contributed by atoms with Crippen LogP contribution in [0.25, 0.3) is 0 Å². The average molecular weight is 317 g/mol. The van der Waals surface area contributed by atoms with Crippen LogP contribution in [-0.4, -0.2) is 17.5 Å². The first kappa shape index (κ1) is 17.8. The van der Waals surface area contributed by atoms with Crippen LogP contribution in [0.3, 0.4) is 0 Å². The van der Waals surface area contributed by atoms with Crippen molar-refractivity contribution in [2.24, 2.45) is 5.84 Å². The smallest absolute Gasteiger partial charge is 0.256 e. The van der Waals surface area contributed by atoms with Gasteiger partial charge in [0.25, 0.3) is 5.91 Å². The molecule has 0 spiro atoms. The molecule has 0 fully saturated rings. The number of nitrogens with two attached hydrogens (primary N) is 1. The number of hydrazine groups is 1. The lowest BCUT2D eigenvalue weighted by atomic mass is 9.78. The van der Waals surface area contributed by atoms with Crippen LogP contribution >= 0.6 is 0 Å². The van der Waals surface area contributed by atoms with Gasteiger partial charge >= 0.3 is 0 Å². The molecule has 128 valence electrons. The SMILES string of the molecule is CCCCC(C(=O)NN)N1c2cc(C)ccc2C(C)CC1(C)C. The van der Waals surface area contributed by atoms with Gasteiger partial charge in [0.15, 0.2) is 0 Å². The molecule has 0 saturated heterocycles. The van der Waals surface area contributed by atoms with Crippen LogP contribution in [0.2, 0.25) is 0 Å². The normalized spacial score (nSPS) is 20.8. The first-order chi connectivity index (χ1) is 10.8. The molecule has 1 aliphatic heterocycles. The zero-order valence-corrected chi connectivity index (χ0v) is 15.1. The van der Waals surface area contributed by atoms with Crippen molar-refractivity contribution in [2.75, 3.05) is 4.90 Å². The fraction of sp³-hybridized carbons (Fsp3) is 0.632. The lowest BCUT2D eigenvalue weighted by Gasteiger charge is -2.50. The molecule has 4 nitrogen and oxygen atoms in total. The number of fused-ring (bicyclic) bond motifs is 1. The minimum Gasteiger partial charge on any atom is -0.354 e. The second kappa shape index (κ2) is 6.91. The van der Waals surface area contributed by atoms with Gasteiger partial charge in [0, 0.05) is 11.2 Å². The maximum absolute atomic E-state index is 12.5. The van der Waals surface area contributed by atoms with Gasteiger partial charge in [-0.1, -0.05) is 38.8 Å². The molecule has 2 atom stereocenters. The van der Waals surface area contributed by atoms with Crippen molar-refractivity contribution >= 4 is 11.6 Å². The van der Waals surface area contributed by atoms with E-state index < -0.39 is 0 Å². The number of unbranched alkanes of at least 4 members (excludes halogenated alkanes) is 1. The number of nitrogens with zero attached hydrogens (tertiary/aromatic N) is 1. The number of hydrogen-bond acceptors (Lipinski definition) is 3. The molecule has 1 amide bonds. The number of anilines is 1. The number of carbonyl (C=O) groups excluding carboxylic acids is 1. The van der Waals surface area contributed by atoms with Gasteiger partial charge in [-0.2, -0.15) is 0 Å². The summed E-state index contributed by atoms with van der Waals surface area (Å²) >= 11 is 0. The van der Waals surface area contributed by atoms with E-state index in [2.05, 4.69) is 63.1 Å². The van der Waals surface area contributed by atoms with Crippen molar-refractivity contribution in [1.82, 2.24) is 5.43 Å². The van der Waals surface area contributed by atoms with Crippen LogP contribution in [0.5, 0.6) is 0 Å². The Morgan fingerprint density at radius 2 is 2.17 bits per heavy atom. The van der Waals surface area contributed by atoms with Crippen molar-refractivity contribution in [3.05, 3.63) is 29.3 Å². The molecule has 4 heteroatoms. The number of nitrogens with one attached hydrogen (secondary N) is 1. The molecule has 0 aliphatic carbocycles. The molecule has 0 bridgehead atoms. The zero-order chi connectivity index (χ0) is 17.2. The van der Waals surface area contributed by atoms with Crippen LogP contribution in [-0.2, 0) is 4.79 Å². The van der Waals surface area contributed by atoms with Crippen LogP contribution < -0.4 is 16.2 Å². The number of carbonyl (C=O) groups is 1. The Bertz CT molecular complexity index is 568. The molecular weight excluding hydrogens is 286 g/mol. The number of aryl methyl sites for hydroxylation is 1. The van der Waals surface area contributed by atoms with E-state index in [1.807, 2.05) is 0 Å². The Morgan fingerprint density at radius 3 is 2.78 bits per heavy atom. The van der Waals surface area contributed by atoms with E-state index in [0.717, 1.165) is 25.7 Å². The fourth-order valence-electron chi connectivity index (χ4n) is 4.02. The monoisotopic (exact) mass is 317 g/mol. The summed E-state index contributed by atoms with van der Waals surface area (Å²) in [4.78, 5) is 14.8. The summed E-state index contributed by atoms with van der Waals surface area (Å²) in [6, 6.07) is 6.38. The van der Waals surface area contributed by atoms with Crippen molar-refractivity contribution in [1.29, 1.82) is 0 Å². The first-order valence-corrected chi connectivity index (χ1v) is 8.72. The number of rotatable bonds is 5. The molecule has 1 heterocycles. The van der Waals surface area contributed by atoms with Gasteiger partial charge in [-0.25, -0.2) is 5.84 Å².